The predicted octanol–water partition coefficient (Wildman–Crippen LogP) is 6.22. The fourth-order valence-corrected chi connectivity index (χ4v) is 12.3. The van der Waals surface area contributed by atoms with Crippen molar-refractivity contribution >= 4 is 38.3 Å². The molecule has 0 spiro atoms. The van der Waals surface area contributed by atoms with Gasteiger partial charge in [0.15, 0.2) is 0 Å². The van der Waals surface area contributed by atoms with Crippen LogP contribution in [0.2, 0.25) is 0 Å². The molecule has 2 aromatic carbocycles. The highest BCUT2D eigenvalue weighted by Crippen LogP contribution is 2.37. The number of aryl methyl sites for hydroxylation is 2. The SMILES string of the molecule is CCc1cc(-c2cccn3ccnc23)ccc1S(=O)(=O)N[C@H]1CCC[C@@H](n2cnnc2)C1.CCc1cc(B2OC(C)(C)C(C)(C)O2)ccc1S(=O)(=O)N[C@H]1CCC[C@@H](n2cnnc2)C1. The number of imidazole rings is 1. The number of fused-ring (bicyclic) bond motifs is 1. The summed E-state index contributed by atoms with van der Waals surface area (Å²) in [5.41, 5.74) is 4.30. The summed E-state index contributed by atoms with van der Waals surface area (Å²) in [6.07, 6.45) is 20.7. The molecule has 64 heavy (non-hydrogen) atoms. The summed E-state index contributed by atoms with van der Waals surface area (Å²) in [7, 11) is -7.81. The third kappa shape index (κ3) is 9.74. The zero-order chi connectivity index (χ0) is 45.3. The molecule has 340 valence electrons. The Kier molecular flexibility index (Phi) is 13.3. The van der Waals surface area contributed by atoms with Crippen molar-refractivity contribution in [3.05, 3.63) is 104 Å². The van der Waals surface area contributed by atoms with Crippen LogP contribution in [-0.2, 0) is 42.2 Å². The van der Waals surface area contributed by atoms with Crippen LogP contribution in [0, 0.1) is 0 Å². The molecule has 0 unspecified atom stereocenters. The molecule has 3 fully saturated rings. The summed E-state index contributed by atoms with van der Waals surface area (Å²) in [5.74, 6) is 0. The van der Waals surface area contributed by atoms with Crippen LogP contribution in [0.3, 0.4) is 0 Å². The monoisotopic (exact) mass is 910 g/mol. The second kappa shape index (κ2) is 18.6. The van der Waals surface area contributed by atoms with Crippen molar-refractivity contribution in [3.63, 3.8) is 0 Å². The highest BCUT2D eigenvalue weighted by molar-refractivity contribution is 7.89. The molecule has 2 saturated carbocycles. The lowest BCUT2D eigenvalue weighted by Gasteiger charge is -2.32. The third-order valence-electron chi connectivity index (χ3n) is 13.4. The molecule has 2 N–H and O–H groups in total. The first-order valence-electron chi connectivity index (χ1n) is 22.3. The van der Waals surface area contributed by atoms with Crippen LogP contribution < -0.4 is 14.9 Å². The van der Waals surface area contributed by atoms with E-state index in [1.54, 1.807) is 49.7 Å². The van der Waals surface area contributed by atoms with Crippen LogP contribution in [0.5, 0.6) is 0 Å². The zero-order valence-corrected chi connectivity index (χ0v) is 39.1. The fourth-order valence-electron chi connectivity index (χ4n) is 9.17. The van der Waals surface area contributed by atoms with E-state index in [-0.39, 0.29) is 24.2 Å². The van der Waals surface area contributed by atoms with E-state index in [0.29, 0.717) is 22.6 Å². The van der Waals surface area contributed by atoms with Gasteiger partial charge in [-0.1, -0.05) is 32.0 Å². The van der Waals surface area contributed by atoms with Crippen LogP contribution in [0.15, 0.2) is 102 Å². The molecular weight excluding hydrogens is 852 g/mol. The Balaban J connectivity index is 0.000000175. The van der Waals surface area contributed by atoms with Crippen molar-refractivity contribution < 1.29 is 26.1 Å². The average molecular weight is 911 g/mol. The van der Waals surface area contributed by atoms with E-state index in [0.717, 1.165) is 84.7 Å². The number of hydrogen-bond donors (Lipinski definition) is 2. The maximum atomic E-state index is 13.3. The first kappa shape index (κ1) is 45.8. The van der Waals surface area contributed by atoms with Crippen LogP contribution >= 0.6 is 0 Å². The molecule has 6 aromatic rings. The average Bonchev–Trinajstić information content (AvgIpc) is 4.12. The predicted molar refractivity (Wildman–Crippen MR) is 245 cm³/mol. The summed E-state index contributed by atoms with van der Waals surface area (Å²) >= 11 is 0. The molecule has 1 saturated heterocycles. The van der Waals surface area contributed by atoms with Gasteiger partial charge in [0.25, 0.3) is 0 Å². The van der Waals surface area contributed by atoms with Crippen LogP contribution in [0.4, 0.5) is 0 Å². The Bertz CT molecular complexity index is 2750. The van der Waals surface area contributed by atoms with Gasteiger partial charge >= 0.3 is 7.12 Å². The molecule has 4 atom stereocenters. The normalized spacial score (nSPS) is 22.3. The van der Waals surface area contributed by atoms with Crippen molar-refractivity contribution in [1.29, 1.82) is 0 Å². The molecule has 0 radical (unpaired) electrons. The Morgan fingerprint density at radius 2 is 1.20 bits per heavy atom. The summed E-state index contributed by atoms with van der Waals surface area (Å²) < 4.78 is 77.4. The van der Waals surface area contributed by atoms with Crippen molar-refractivity contribution in [3.8, 4) is 11.1 Å². The number of aromatic nitrogens is 8. The minimum atomic E-state index is -3.65. The molecule has 3 aliphatic rings. The molecule has 0 bridgehead atoms. The van der Waals surface area contributed by atoms with Crippen molar-refractivity contribution in [2.45, 2.75) is 151 Å². The number of benzene rings is 2. The molecule has 19 heteroatoms. The Morgan fingerprint density at radius 3 is 1.73 bits per heavy atom. The van der Waals surface area contributed by atoms with Crippen molar-refractivity contribution in [2.75, 3.05) is 0 Å². The molecule has 4 aromatic heterocycles. The molecule has 0 amide bonds. The number of sulfonamides is 2. The van der Waals surface area contributed by atoms with E-state index >= 15 is 0 Å². The van der Waals surface area contributed by atoms with Gasteiger partial charge < -0.3 is 22.8 Å². The fraction of sp³-hybridized carbons (Fsp3) is 0.489. The second-order valence-electron chi connectivity index (χ2n) is 18.2. The molecule has 1 aliphatic heterocycles. The first-order valence-corrected chi connectivity index (χ1v) is 25.3. The standard InChI is InChI=1S/C23H26N6O2S.C22H33BN4O4S/c1-2-17-13-18(21-7-4-11-28-12-10-24-23(21)28)8-9-22(17)32(30,31)27-19-5-3-6-20(14-19)29-15-25-26-16-29;1-6-16-12-17(23-30-21(2,3)22(4,5)31-23)10-11-20(16)32(28,29)26-18-8-7-9-19(13-18)27-14-24-25-15-27/h4,7-13,15-16,19-20,27H,2-3,5-6,14H2,1H3;10-12,14-15,18-19,26H,6-9,13H2,1-5H3/t19-,20+;18-,19+/m00/s1. The van der Waals surface area contributed by atoms with Gasteiger partial charge in [-0.05, 0) is 144 Å². The Hall–Kier alpha value is -4.79. The van der Waals surface area contributed by atoms with E-state index in [4.69, 9.17) is 9.31 Å². The summed E-state index contributed by atoms with van der Waals surface area (Å²) in [6.45, 7) is 12.0. The molecule has 16 nitrogen and oxygen atoms in total. The molecule has 5 heterocycles. The number of rotatable bonds is 12. The molecule has 2 aliphatic carbocycles. The van der Waals surface area contributed by atoms with Crippen molar-refractivity contribution in [2.24, 2.45) is 0 Å². The maximum absolute atomic E-state index is 13.3. The quantitative estimate of drug-likeness (QED) is 0.133. The largest absolute Gasteiger partial charge is 0.494 e. The van der Waals surface area contributed by atoms with Gasteiger partial charge in [-0.25, -0.2) is 31.3 Å². The lowest BCUT2D eigenvalue weighted by atomic mass is 9.78. The van der Waals surface area contributed by atoms with Gasteiger partial charge in [0.05, 0.1) is 21.0 Å². The summed E-state index contributed by atoms with van der Waals surface area (Å²) in [5, 5.41) is 15.5. The van der Waals surface area contributed by atoms with E-state index < -0.39 is 38.4 Å². The van der Waals surface area contributed by atoms with Gasteiger partial charge in [0.1, 0.15) is 31.0 Å². The van der Waals surface area contributed by atoms with Crippen molar-refractivity contribution in [1.82, 2.24) is 48.4 Å². The van der Waals surface area contributed by atoms with Gasteiger partial charge in [-0.3, -0.25) is 0 Å². The van der Waals surface area contributed by atoms with Gasteiger partial charge in [0.2, 0.25) is 20.0 Å². The zero-order valence-electron chi connectivity index (χ0n) is 37.5. The molecular formula is C45H59BN10O6S2. The second-order valence-corrected chi connectivity index (χ2v) is 21.5. The highest BCUT2D eigenvalue weighted by Gasteiger charge is 2.52. The minimum Gasteiger partial charge on any atom is -0.399 e. The minimum absolute atomic E-state index is 0.107. The van der Waals surface area contributed by atoms with Gasteiger partial charge in [-0.15, -0.1) is 20.4 Å². The van der Waals surface area contributed by atoms with E-state index in [1.165, 1.54) is 0 Å². The van der Waals surface area contributed by atoms with Gasteiger partial charge in [-0.2, -0.15) is 0 Å². The number of pyridine rings is 1. The van der Waals surface area contributed by atoms with Crippen LogP contribution in [0.1, 0.15) is 116 Å². The lowest BCUT2D eigenvalue weighted by Crippen LogP contribution is -2.41. The van der Waals surface area contributed by atoms with E-state index in [9.17, 15) is 16.8 Å². The lowest BCUT2D eigenvalue weighted by molar-refractivity contribution is 0.00578. The number of nitrogens with zero attached hydrogens (tertiary/aromatic N) is 8. The van der Waals surface area contributed by atoms with E-state index in [2.05, 4.69) is 34.8 Å². The maximum Gasteiger partial charge on any atom is 0.494 e. The highest BCUT2D eigenvalue weighted by atomic mass is 32.2. The van der Waals surface area contributed by atoms with Crippen LogP contribution in [-0.4, -0.2) is 86.2 Å². The third-order valence-corrected chi connectivity index (χ3v) is 16.6. The first-order chi connectivity index (χ1) is 30.6. The van der Waals surface area contributed by atoms with Crippen LogP contribution in [0.25, 0.3) is 16.8 Å². The van der Waals surface area contributed by atoms with E-state index in [1.807, 2.05) is 97.8 Å². The Morgan fingerprint density at radius 1 is 0.688 bits per heavy atom. The summed E-state index contributed by atoms with van der Waals surface area (Å²) in [4.78, 5) is 5.13. The summed E-state index contributed by atoms with van der Waals surface area (Å²) in [6, 6.07) is 15.1. The number of hydrogen-bond acceptors (Lipinski definition) is 11. The molecule has 9 rings (SSSR count). The smallest absolute Gasteiger partial charge is 0.399 e. The van der Waals surface area contributed by atoms with Gasteiger partial charge in [0, 0.05) is 48.3 Å². The number of nitrogens with one attached hydrogen (secondary N) is 2. The topological polar surface area (TPSA) is 190 Å². The Labute approximate surface area is 376 Å².